The van der Waals surface area contributed by atoms with Crippen molar-refractivity contribution in [1.82, 2.24) is 14.9 Å². The standard InChI is InChI=1S/C17H16Cl2N4O2S/c1-24-14-5-3-2-4-12(14)16-21-22-17(23(16)20)26-9-8-25-15-7-6-11(18)10-13(15)19/h2-7,10H,8-9,20H2,1H3. The fraction of sp³-hybridized carbons (Fsp3) is 0.176. The Labute approximate surface area is 165 Å². The van der Waals surface area contributed by atoms with Crippen LogP contribution in [0.5, 0.6) is 11.5 Å². The maximum atomic E-state index is 6.13. The van der Waals surface area contributed by atoms with E-state index in [9.17, 15) is 0 Å². The molecule has 6 nitrogen and oxygen atoms in total. The van der Waals surface area contributed by atoms with Crippen molar-refractivity contribution in [3.63, 3.8) is 0 Å². The van der Waals surface area contributed by atoms with Crippen molar-refractivity contribution in [2.75, 3.05) is 25.3 Å². The van der Waals surface area contributed by atoms with Crippen LogP contribution < -0.4 is 15.3 Å². The van der Waals surface area contributed by atoms with Crippen molar-refractivity contribution in [3.05, 3.63) is 52.5 Å². The number of hydrogen-bond acceptors (Lipinski definition) is 6. The Morgan fingerprint density at radius 2 is 1.92 bits per heavy atom. The first-order valence-corrected chi connectivity index (χ1v) is 9.39. The van der Waals surface area contributed by atoms with E-state index in [-0.39, 0.29) is 0 Å². The Balaban J connectivity index is 1.62. The second-order valence-electron chi connectivity index (χ2n) is 5.15. The van der Waals surface area contributed by atoms with E-state index in [1.54, 1.807) is 25.3 Å². The summed E-state index contributed by atoms with van der Waals surface area (Å²) in [5.74, 6) is 8.56. The molecule has 9 heteroatoms. The Kier molecular flexibility index (Phi) is 6.13. The van der Waals surface area contributed by atoms with Gasteiger partial charge < -0.3 is 15.3 Å². The van der Waals surface area contributed by atoms with Crippen molar-refractivity contribution < 1.29 is 9.47 Å². The third-order valence-electron chi connectivity index (χ3n) is 3.48. The van der Waals surface area contributed by atoms with E-state index in [4.69, 9.17) is 38.5 Å². The highest BCUT2D eigenvalue weighted by molar-refractivity contribution is 7.99. The van der Waals surface area contributed by atoms with Crippen molar-refractivity contribution in [1.29, 1.82) is 0 Å². The average Bonchev–Trinajstić information content (AvgIpc) is 3.00. The van der Waals surface area contributed by atoms with Crippen LogP contribution >= 0.6 is 35.0 Å². The molecular weight excluding hydrogens is 395 g/mol. The van der Waals surface area contributed by atoms with Gasteiger partial charge in [0.1, 0.15) is 11.5 Å². The summed E-state index contributed by atoms with van der Waals surface area (Å²) in [5.41, 5.74) is 0.779. The molecule has 0 spiro atoms. The molecule has 0 aliphatic carbocycles. The van der Waals surface area contributed by atoms with Crippen molar-refractivity contribution >= 4 is 35.0 Å². The van der Waals surface area contributed by atoms with Gasteiger partial charge in [-0.1, -0.05) is 47.1 Å². The van der Waals surface area contributed by atoms with Gasteiger partial charge in [-0.25, -0.2) is 4.68 Å². The van der Waals surface area contributed by atoms with Gasteiger partial charge in [-0.2, -0.15) is 0 Å². The quantitative estimate of drug-likeness (QED) is 0.358. The summed E-state index contributed by atoms with van der Waals surface area (Å²) in [6.07, 6.45) is 0. The van der Waals surface area contributed by atoms with E-state index in [0.29, 0.717) is 44.9 Å². The Morgan fingerprint density at radius 1 is 1.12 bits per heavy atom. The Morgan fingerprint density at radius 3 is 2.69 bits per heavy atom. The number of hydrogen-bond donors (Lipinski definition) is 1. The fourth-order valence-electron chi connectivity index (χ4n) is 2.27. The molecule has 0 fully saturated rings. The minimum atomic E-state index is 0.433. The molecule has 0 aliphatic rings. The van der Waals surface area contributed by atoms with Crippen LogP contribution in [-0.2, 0) is 0 Å². The summed E-state index contributed by atoms with van der Waals surface area (Å²) in [5, 5.41) is 9.93. The van der Waals surface area contributed by atoms with Gasteiger partial charge in [0.15, 0.2) is 5.82 Å². The van der Waals surface area contributed by atoms with Crippen LogP contribution in [0.4, 0.5) is 0 Å². The zero-order valence-electron chi connectivity index (χ0n) is 13.9. The molecule has 0 atom stereocenters. The lowest BCUT2D eigenvalue weighted by atomic mass is 10.2. The van der Waals surface area contributed by atoms with Crippen molar-refractivity contribution in [2.24, 2.45) is 0 Å². The topological polar surface area (TPSA) is 75.2 Å². The maximum Gasteiger partial charge on any atom is 0.210 e. The van der Waals surface area contributed by atoms with Gasteiger partial charge in [0, 0.05) is 10.8 Å². The summed E-state index contributed by atoms with van der Waals surface area (Å²) in [7, 11) is 1.60. The Hall–Kier alpha value is -2.09. The predicted octanol–water partition coefficient (Wildman–Crippen LogP) is 4.15. The molecule has 0 radical (unpaired) electrons. The molecule has 0 bridgehead atoms. The number of ether oxygens (including phenoxy) is 2. The lowest BCUT2D eigenvalue weighted by Gasteiger charge is -2.09. The second kappa shape index (κ2) is 8.53. The molecule has 0 aliphatic heterocycles. The minimum absolute atomic E-state index is 0.433. The third kappa shape index (κ3) is 4.17. The molecule has 3 aromatic rings. The molecule has 3 rings (SSSR count). The lowest BCUT2D eigenvalue weighted by molar-refractivity contribution is 0.344. The second-order valence-corrected chi connectivity index (χ2v) is 7.05. The number of aromatic nitrogens is 3. The van der Waals surface area contributed by atoms with Crippen LogP contribution in [0.15, 0.2) is 47.6 Å². The molecule has 136 valence electrons. The van der Waals surface area contributed by atoms with Gasteiger partial charge in [-0.3, -0.25) is 0 Å². The van der Waals surface area contributed by atoms with Gasteiger partial charge in [0.25, 0.3) is 0 Å². The first-order chi connectivity index (χ1) is 12.6. The van der Waals surface area contributed by atoms with E-state index in [1.807, 2.05) is 24.3 Å². The summed E-state index contributed by atoms with van der Waals surface area (Å²) in [4.78, 5) is 0. The number of para-hydroxylation sites is 1. The summed E-state index contributed by atoms with van der Waals surface area (Å²) in [6, 6.07) is 12.6. The normalized spacial score (nSPS) is 10.7. The maximum absolute atomic E-state index is 6.13. The van der Waals surface area contributed by atoms with Crippen LogP contribution in [-0.4, -0.2) is 34.3 Å². The number of nitrogens with zero attached hydrogens (tertiary/aromatic N) is 3. The molecule has 0 saturated heterocycles. The highest BCUT2D eigenvalue weighted by Crippen LogP contribution is 2.30. The largest absolute Gasteiger partial charge is 0.496 e. The number of rotatable bonds is 7. The first kappa shape index (κ1) is 18.7. The number of nitrogens with two attached hydrogens (primary N) is 1. The van der Waals surface area contributed by atoms with E-state index >= 15 is 0 Å². The lowest BCUT2D eigenvalue weighted by Crippen LogP contribution is -2.12. The zero-order valence-corrected chi connectivity index (χ0v) is 16.2. The number of benzene rings is 2. The molecule has 26 heavy (non-hydrogen) atoms. The van der Waals surface area contributed by atoms with E-state index in [0.717, 1.165) is 5.56 Å². The van der Waals surface area contributed by atoms with Gasteiger partial charge in [0.2, 0.25) is 5.16 Å². The number of methoxy groups -OCH3 is 1. The monoisotopic (exact) mass is 410 g/mol. The first-order valence-electron chi connectivity index (χ1n) is 7.64. The third-order valence-corrected chi connectivity index (χ3v) is 4.92. The van der Waals surface area contributed by atoms with Crippen LogP contribution in [0.2, 0.25) is 10.0 Å². The predicted molar refractivity (Wildman–Crippen MR) is 105 cm³/mol. The van der Waals surface area contributed by atoms with Crippen LogP contribution in [0, 0.1) is 0 Å². The smallest absolute Gasteiger partial charge is 0.210 e. The molecule has 0 amide bonds. The minimum Gasteiger partial charge on any atom is -0.496 e. The molecule has 2 aromatic carbocycles. The van der Waals surface area contributed by atoms with Crippen molar-refractivity contribution in [3.8, 4) is 22.9 Å². The average molecular weight is 411 g/mol. The number of halogens is 2. The fourth-order valence-corrected chi connectivity index (χ4v) is 3.40. The number of nitrogen functional groups attached to an aromatic ring is 1. The SMILES string of the molecule is COc1ccccc1-c1nnc(SCCOc2ccc(Cl)cc2Cl)n1N. The summed E-state index contributed by atoms with van der Waals surface area (Å²) >= 11 is 13.4. The van der Waals surface area contributed by atoms with E-state index in [2.05, 4.69) is 10.2 Å². The number of thioether (sulfide) groups is 1. The van der Waals surface area contributed by atoms with E-state index in [1.165, 1.54) is 16.4 Å². The van der Waals surface area contributed by atoms with Gasteiger partial charge in [-0.05, 0) is 30.3 Å². The van der Waals surface area contributed by atoms with Crippen LogP contribution in [0.1, 0.15) is 0 Å². The summed E-state index contributed by atoms with van der Waals surface area (Å²) < 4.78 is 12.4. The van der Waals surface area contributed by atoms with Gasteiger partial charge >= 0.3 is 0 Å². The highest BCUT2D eigenvalue weighted by atomic mass is 35.5. The van der Waals surface area contributed by atoms with Crippen molar-refractivity contribution in [2.45, 2.75) is 5.16 Å². The zero-order chi connectivity index (χ0) is 18.5. The Bertz CT molecular complexity index is 904. The molecule has 1 heterocycles. The highest BCUT2D eigenvalue weighted by Gasteiger charge is 2.15. The molecule has 2 N–H and O–H groups in total. The molecule has 1 aromatic heterocycles. The van der Waals surface area contributed by atoms with Crippen LogP contribution in [0.25, 0.3) is 11.4 Å². The van der Waals surface area contributed by atoms with Crippen LogP contribution in [0.3, 0.4) is 0 Å². The molecule has 0 unspecified atom stereocenters. The molecular formula is C17H16Cl2N4O2S. The summed E-state index contributed by atoms with van der Waals surface area (Å²) in [6.45, 7) is 0.433. The van der Waals surface area contributed by atoms with Gasteiger partial charge in [0.05, 0.1) is 24.3 Å². The molecule has 0 saturated carbocycles. The van der Waals surface area contributed by atoms with E-state index < -0.39 is 0 Å². The van der Waals surface area contributed by atoms with Gasteiger partial charge in [-0.15, -0.1) is 10.2 Å².